The topological polar surface area (TPSA) is 9.23 Å². The van der Waals surface area contributed by atoms with Crippen molar-refractivity contribution in [1.82, 2.24) is 0 Å². The minimum absolute atomic E-state index is 0.742. The van der Waals surface area contributed by atoms with Crippen molar-refractivity contribution in [3.8, 4) is 5.75 Å². The second-order valence-corrected chi connectivity index (χ2v) is 5.24. The van der Waals surface area contributed by atoms with E-state index in [0.29, 0.717) is 0 Å². The van der Waals surface area contributed by atoms with Gasteiger partial charge in [0.05, 0.1) is 6.61 Å². The molecular formula is C17H24O. The van der Waals surface area contributed by atoms with E-state index >= 15 is 0 Å². The van der Waals surface area contributed by atoms with Crippen LogP contribution < -0.4 is 4.74 Å². The summed E-state index contributed by atoms with van der Waals surface area (Å²) in [6.07, 6.45) is 8.62. The first kappa shape index (κ1) is 13.2. The van der Waals surface area contributed by atoms with Crippen LogP contribution in [0, 0.1) is 5.92 Å². The minimum atomic E-state index is 0.742. The molecule has 18 heavy (non-hydrogen) atoms. The molecule has 0 aliphatic heterocycles. The summed E-state index contributed by atoms with van der Waals surface area (Å²) in [5.41, 5.74) is 1.48. The number of rotatable bonds is 5. The van der Waals surface area contributed by atoms with Crippen molar-refractivity contribution in [2.45, 2.75) is 44.9 Å². The van der Waals surface area contributed by atoms with Crippen molar-refractivity contribution in [3.63, 3.8) is 0 Å². The van der Waals surface area contributed by atoms with Crippen molar-refractivity contribution in [1.29, 1.82) is 0 Å². The molecule has 1 saturated carbocycles. The number of allylic oxidation sites excluding steroid dienone is 1. The molecule has 98 valence electrons. The van der Waals surface area contributed by atoms with Crippen molar-refractivity contribution in [2.24, 2.45) is 5.92 Å². The highest BCUT2D eigenvalue weighted by Crippen LogP contribution is 2.37. The second kappa shape index (κ2) is 6.63. The zero-order chi connectivity index (χ0) is 12.8. The van der Waals surface area contributed by atoms with E-state index in [-0.39, 0.29) is 0 Å². The van der Waals surface area contributed by atoms with Gasteiger partial charge in [-0.2, -0.15) is 0 Å². The number of hydrogen-bond acceptors (Lipinski definition) is 1. The highest BCUT2D eigenvalue weighted by Gasteiger charge is 2.21. The molecule has 1 fully saturated rings. The molecule has 1 aromatic carbocycles. The summed E-state index contributed by atoms with van der Waals surface area (Å²) in [4.78, 5) is 0. The van der Waals surface area contributed by atoms with E-state index in [1.807, 2.05) is 6.92 Å². The maximum atomic E-state index is 5.49. The first-order valence-electron chi connectivity index (χ1n) is 7.17. The Balaban J connectivity index is 1.90. The Kier molecular flexibility index (Phi) is 4.86. The lowest BCUT2D eigenvalue weighted by atomic mass is 9.77. The van der Waals surface area contributed by atoms with Crippen LogP contribution in [0.1, 0.15) is 50.5 Å². The molecule has 0 radical (unpaired) electrons. The Morgan fingerprint density at radius 1 is 1.17 bits per heavy atom. The summed E-state index contributed by atoms with van der Waals surface area (Å²) in [6.45, 7) is 6.61. The molecule has 0 unspecified atom stereocenters. The summed E-state index contributed by atoms with van der Waals surface area (Å²) in [5, 5.41) is 0. The first-order chi connectivity index (χ1) is 8.83. The standard InChI is InChI=1S/C17H24O/c1-3-5-14-6-8-15(9-7-14)16-10-12-17(13-11-16)18-4-2/h3,10-15H,1,4-9H2,2H3. The fourth-order valence-corrected chi connectivity index (χ4v) is 2.97. The number of benzene rings is 1. The first-order valence-corrected chi connectivity index (χ1v) is 7.17. The molecule has 0 bridgehead atoms. The molecule has 0 N–H and O–H groups in total. The van der Waals surface area contributed by atoms with E-state index < -0.39 is 0 Å². The summed E-state index contributed by atoms with van der Waals surface area (Å²) < 4.78 is 5.49. The highest BCUT2D eigenvalue weighted by molar-refractivity contribution is 5.29. The molecule has 0 amide bonds. The zero-order valence-corrected chi connectivity index (χ0v) is 11.4. The molecule has 0 spiro atoms. The van der Waals surface area contributed by atoms with E-state index in [1.165, 1.54) is 37.7 Å². The van der Waals surface area contributed by atoms with Crippen LogP contribution in [0.3, 0.4) is 0 Å². The van der Waals surface area contributed by atoms with Gasteiger partial charge in [0.25, 0.3) is 0 Å². The average molecular weight is 244 g/mol. The van der Waals surface area contributed by atoms with Gasteiger partial charge in [0.2, 0.25) is 0 Å². The molecule has 0 atom stereocenters. The van der Waals surface area contributed by atoms with Crippen molar-refractivity contribution in [3.05, 3.63) is 42.5 Å². The Morgan fingerprint density at radius 2 is 1.83 bits per heavy atom. The number of hydrogen-bond donors (Lipinski definition) is 0. The Hall–Kier alpha value is -1.24. The smallest absolute Gasteiger partial charge is 0.119 e. The van der Waals surface area contributed by atoms with Crippen molar-refractivity contribution >= 4 is 0 Å². The summed E-state index contributed by atoms with van der Waals surface area (Å²) in [5.74, 6) is 2.62. The van der Waals surface area contributed by atoms with Crippen LogP contribution in [0.25, 0.3) is 0 Å². The van der Waals surface area contributed by atoms with Gasteiger partial charge in [0.15, 0.2) is 0 Å². The van der Waals surface area contributed by atoms with Gasteiger partial charge in [-0.25, -0.2) is 0 Å². The third kappa shape index (κ3) is 3.38. The average Bonchev–Trinajstić information content (AvgIpc) is 2.41. The van der Waals surface area contributed by atoms with Gasteiger partial charge in [0.1, 0.15) is 5.75 Å². The third-order valence-electron chi connectivity index (χ3n) is 4.01. The van der Waals surface area contributed by atoms with Crippen LogP contribution in [0.4, 0.5) is 0 Å². The molecule has 0 heterocycles. The van der Waals surface area contributed by atoms with E-state index in [9.17, 15) is 0 Å². The minimum Gasteiger partial charge on any atom is -0.494 e. The normalized spacial score (nSPS) is 23.6. The Morgan fingerprint density at radius 3 is 2.39 bits per heavy atom. The van der Waals surface area contributed by atoms with E-state index in [0.717, 1.165) is 24.2 Å². The van der Waals surface area contributed by atoms with Gasteiger partial charge in [-0.05, 0) is 68.6 Å². The quantitative estimate of drug-likeness (QED) is 0.667. The molecule has 1 aliphatic carbocycles. The van der Waals surface area contributed by atoms with Crippen LogP contribution >= 0.6 is 0 Å². The van der Waals surface area contributed by atoms with Crippen LogP contribution in [0.5, 0.6) is 5.75 Å². The largest absolute Gasteiger partial charge is 0.494 e. The summed E-state index contributed by atoms with van der Waals surface area (Å²) in [7, 11) is 0. The maximum absolute atomic E-state index is 5.49. The van der Waals surface area contributed by atoms with Gasteiger partial charge in [0, 0.05) is 0 Å². The predicted octanol–water partition coefficient (Wildman–Crippen LogP) is 4.94. The molecule has 1 aromatic rings. The Bertz CT molecular complexity index is 358. The highest BCUT2D eigenvalue weighted by atomic mass is 16.5. The molecule has 1 nitrogen and oxygen atoms in total. The SMILES string of the molecule is C=CCC1CCC(c2ccc(OCC)cc2)CC1. The zero-order valence-electron chi connectivity index (χ0n) is 11.4. The van der Waals surface area contributed by atoms with Crippen LogP contribution in [-0.4, -0.2) is 6.61 Å². The Labute approximate surface area is 111 Å². The second-order valence-electron chi connectivity index (χ2n) is 5.24. The third-order valence-corrected chi connectivity index (χ3v) is 4.01. The lowest BCUT2D eigenvalue weighted by molar-refractivity contribution is 0.327. The van der Waals surface area contributed by atoms with Crippen LogP contribution in [-0.2, 0) is 0 Å². The van der Waals surface area contributed by atoms with E-state index in [1.54, 1.807) is 0 Å². The van der Waals surface area contributed by atoms with Gasteiger partial charge < -0.3 is 4.74 Å². The van der Waals surface area contributed by atoms with Crippen LogP contribution in [0.2, 0.25) is 0 Å². The molecule has 0 saturated heterocycles. The molecule has 1 aliphatic rings. The van der Waals surface area contributed by atoms with E-state index in [4.69, 9.17) is 4.74 Å². The molecule has 2 rings (SSSR count). The fraction of sp³-hybridized carbons (Fsp3) is 0.529. The molecular weight excluding hydrogens is 220 g/mol. The summed E-state index contributed by atoms with van der Waals surface area (Å²) >= 11 is 0. The van der Waals surface area contributed by atoms with Gasteiger partial charge in [-0.3, -0.25) is 0 Å². The fourth-order valence-electron chi connectivity index (χ4n) is 2.97. The summed E-state index contributed by atoms with van der Waals surface area (Å²) in [6, 6.07) is 8.69. The monoisotopic (exact) mass is 244 g/mol. The lowest BCUT2D eigenvalue weighted by Crippen LogP contribution is -2.12. The lowest BCUT2D eigenvalue weighted by Gasteiger charge is -2.28. The van der Waals surface area contributed by atoms with Crippen LogP contribution in [0.15, 0.2) is 36.9 Å². The number of ether oxygens (including phenoxy) is 1. The van der Waals surface area contributed by atoms with Crippen molar-refractivity contribution in [2.75, 3.05) is 6.61 Å². The predicted molar refractivity (Wildman–Crippen MR) is 77.1 cm³/mol. The van der Waals surface area contributed by atoms with E-state index in [2.05, 4.69) is 36.9 Å². The molecule has 0 aromatic heterocycles. The van der Waals surface area contributed by atoms with Crippen molar-refractivity contribution < 1.29 is 4.74 Å². The van der Waals surface area contributed by atoms with Gasteiger partial charge >= 0.3 is 0 Å². The van der Waals surface area contributed by atoms with Gasteiger partial charge in [-0.1, -0.05) is 18.2 Å². The van der Waals surface area contributed by atoms with Gasteiger partial charge in [-0.15, -0.1) is 6.58 Å². The maximum Gasteiger partial charge on any atom is 0.119 e. The molecule has 1 heteroatoms.